The summed E-state index contributed by atoms with van der Waals surface area (Å²) >= 11 is 0. The summed E-state index contributed by atoms with van der Waals surface area (Å²) in [6.45, 7) is 2.44. The van der Waals surface area contributed by atoms with Crippen molar-refractivity contribution in [3.8, 4) is 0 Å². The van der Waals surface area contributed by atoms with E-state index >= 15 is 0 Å². The fourth-order valence-corrected chi connectivity index (χ4v) is 4.59. The maximum absolute atomic E-state index is 12.3. The Morgan fingerprint density at radius 3 is 1.98 bits per heavy atom. The number of rotatable bonds is 29. The van der Waals surface area contributed by atoms with Crippen molar-refractivity contribution in [2.75, 3.05) is 13.1 Å². The first-order valence-electron chi connectivity index (χ1n) is 16.6. The smallest absolute Gasteiger partial charge is 0.326 e. The van der Waals surface area contributed by atoms with Crippen LogP contribution in [0.2, 0.25) is 0 Å². The molecule has 0 heterocycles. The highest BCUT2D eigenvalue weighted by molar-refractivity contribution is 5.83. The van der Waals surface area contributed by atoms with Crippen LogP contribution in [0.3, 0.4) is 0 Å². The molecule has 0 bridgehead atoms. The molecule has 0 aromatic heterocycles. The normalized spacial score (nSPS) is 13.7. The van der Waals surface area contributed by atoms with Gasteiger partial charge in [-0.15, -0.1) is 0 Å². The number of carboxylic acid groups (broad SMARTS) is 3. The van der Waals surface area contributed by atoms with Crippen LogP contribution in [0.1, 0.15) is 103 Å². The number of aliphatic carboxylic acids is 3. The van der Waals surface area contributed by atoms with Gasteiger partial charge in [-0.3, -0.25) is 19.2 Å². The molecular weight excluding hydrogens is 644 g/mol. The number of hydrogen-bond acceptors (Lipinski definition) is 11. The minimum Gasteiger partial charge on any atom is -0.481 e. The first-order valence-corrected chi connectivity index (χ1v) is 16.6. The second-order valence-electron chi connectivity index (χ2n) is 12.0. The Kier molecular flexibility index (Phi) is 24.1. The number of hydrazine groups is 1. The number of unbranched alkanes of at least 4 members (excludes halogenated alkanes) is 5. The Labute approximate surface area is 286 Å². The van der Waals surface area contributed by atoms with Gasteiger partial charge < -0.3 is 57.9 Å². The molecule has 4 amide bonds. The summed E-state index contributed by atoms with van der Waals surface area (Å²) in [5, 5.41) is 38.8. The number of nitrogens with two attached hydrogens (primary N) is 3. The van der Waals surface area contributed by atoms with Crippen molar-refractivity contribution >= 4 is 42.0 Å². The Hall–Kier alpha value is -4.45. The average Bonchev–Trinajstić information content (AvgIpc) is 3.01. The Balaban J connectivity index is 4.05. The van der Waals surface area contributed by atoms with Gasteiger partial charge >= 0.3 is 23.9 Å². The van der Waals surface area contributed by atoms with E-state index in [-0.39, 0.29) is 55.7 Å². The third-order valence-corrected chi connectivity index (χ3v) is 7.37. The van der Waals surface area contributed by atoms with E-state index in [1.54, 1.807) is 6.92 Å². The number of nitrogens with zero attached hydrogens (tertiary/aromatic N) is 1. The van der Waals surface area contributed by atoms with Crippen molar-refractivity contribution < 1.29 is 48.9 Å². The molecule has 0 saturated heterocycles. The van der Waals surface area contributed by atoms with Crippen LogP contribution in [0.25, 0.3) is 0 Å². The molecule has 18 nitrogen and oxygen atoms in total. The van der Waals surface area contributed by atoms with Crippen molar-refractivity contribution in [2.45, 2.75) is 127 Å². The van der Waals surface area contributed by atoms with Crippen LogP contribution in [0, 0.1) is 0 Å². The van der Waals surface area contributed by atoms with Gasteiger partial charge in [0.1, 0.15) is 18.4 Å². The van der Waals surface area contributed by atoms with Gasteiger partial charge in [-0.2, -0.15) is 0 Å². The standard InChI is InChI=1S/C31H56N8O10/c1-21(14-15-28(43)44)36-31(49)37-23(20-40)10-6-8-16-35-26(41)12-4-2-3-5-13-27(42)38-25(30(47)48)11-7-9-17-39(34)19-22(32)18-24(33)29(45)46/h19-21,23-25H,2-18,32-34H2,1H3,(H,35,41)(H,38,42)(H,43,44)(H,45,46)(H,47,48)(H2,36,37,49)/b22-19-. The van der Waals surface area contributed by atoms with Crippen LogP contribution in [-0.4, -0.2) is 99.6 Å². The number of aldehydes is 1. The van der Waals surface area contributed by atoms with E-state index in [2.05, 4.69) is 21.3 Å². The van der Waals surface area contributed by atoms with Crippen LogP contribution >= 0.6 is 0 Å². The van der Waals surface area contributed by atoms with Crippen molar-refractivity contribution in [1.82, 2.24) is 26.3 Å². The van der Waals surface area contributed by atoms with Gasteiger partial charge in [-0.1, -0.05) is 12.8 Å². The minimum absolute atomic E-state index is 0.0660. The first kappa shape index (κ1) is 44.5. The monoisotopic (exact) mass is 700 g/mol. The fourth-order valence-electron chi connectivity index (χ4n) is 4.59. The number of urea groups is 1. The summed E-state index contributed by atoms with van der Waals surface area (Å²) in [7, 11) is 0. The average molecular weight is 701 g/mol. The van der Waals surface area contributed by atoms with Crippen LogP contribution < -0.4 is 38.6 Å². The Morgan fingerprint density at radius 1 is 0.755 bits per heavy atom. The third kappa shape index (κ3) is 25.3. The lowest BCUT2D eigenvalue weighted by Crippen LogP contribution is -2.46. The molecule has 0 spiro atoms. The maximum Gasteiger partial charge on any atom is 0.326 e. The van der Waals surface area contributed by atoms with Crippen molar-refractivity contribution in [3.63, 3.8) is 0 Å². The van der Waals surface area contributed by atoms with Gasteiger partial charge in [0.2, 0.25) is 11.8 Å². The highest BCUT2D eigenvalue weighted by atomic mass is 16.4. The zero-order valence-corrected chi connectivity index (χ0v) is 28.4. The largest absolute Gasteiger partial charge is 0.481 e. The number of amides is 4. The molecular formula is C31H56N8O10. The number of hydrogen-bond donors (Lipinski definition) is 10. The molecule has 0 fully saturated rings. The van der Waals surface area contributed by atoms with E-state index in [0.29, 0.717) is 77.2 Å². The van der Waals surface area contributed by atoms with E-state index < -0.39 is 42.1 Å². The van der Waals surface area contributed by atoms with E-state index in [1.165, 1.54) is 11.2 Å². The lowest BCUT2D eigenvalue weighted by atomic mass is 10.1. The van der Waals surface area contributed by atoms with Crippen molar-refractivity contribution in [3.05, 3.63) is 11.9 Å². The van der Waals surface area contributed by atoms with Crippen LogP contribution in [0.5, 0.6) is 0 Å². The maximum atomic E-state index is 12.3. The Bertz CT molecular complexity index is 1090. The van der Waals surface area contributed by atoms with E-state index in [4.69, 9.17) is 27.5 Å². The molecule has 0 aliphatic heterocycles. The van der Waals surface area contributed by atoms with Gasteiger partial charge in [0.25, 0.3) is 0 Å². The van der Waals surface area contributed by atoms with E-state index in [1.807, 2.05) is 0 Å². The molecule has 4 atom stereocenters. The van der Waals surface area contributed by atoms with Crippen molar-refractivity contribution in [1.29, 1.82) is 0 Å². The summed E-state index contributed by atoms with van der Waals surface area (Å²) in [6, 6.07) is -3.77. The third-order valence-electron chi connectivity index (χ3n) is 7.37. The second-order valence-corrected chi connectivity index (χ2v) is 12.0. The summed E-state index contributed by atoms with van der Waals surface area (Å²) in [6.07, 6.45) is 8.02. The molecule has 0 radical (unpaired) electrons. The summed E-state index contributed by atoms with van der Waals surface area (Å²) in [5.41, 5.74) is 11.4. The molecule has 280 valence electrons. The number of carbonyl (C=O) groups is 7. The zero-order valence-electron chi connectivity index (χ0n) is 28.4. The van der Waals surface area contributed by atoms with Gasteiger partial charge in [-0.05, 0) is 64.7 Å². The number of nitrogens with one attached hydrogen (secondary N) is 4. The molecule has 0 saturated carbocycles. The molecule has 0 aromatic rings. The first-order chi connectivity index (χ1) is 23.1. The van der Waals surface area contributed by atoms with Crippen LogP contribution in [0.15, 0.2) is 11.9 Å². The van der Waals surface area contributed by atoms with Gasteiger partial charge in [0.05, 0.1) is 6.04 Å². The van der Waals surface area contributed by atoms with Crippen LogP contribution in [-0.2, 0) is 28.8 Å². The summed E-state index contributed by atoms with van der Waals surface area (Å²) in [5.74, 6) is 2.07. The SMILES string of the molecule is CC(CCC(=O)O)NC(=O)NC(C=O)CCCCNC(=O)CCCCCCC(=O)NC(CCCCN(N)/C=C(\N)CC(N)C(=O)O)C(=O)O. The number of carbonyl (C=O) groups excluding carboxylic acids is 4. The molecule has 4 unspecified atom stereocenters. The predicted octanol–water partition coefficient (Wildman–Crippen LogP) is 0.251. The van der Waals surface area contributed by atoms with E-state index in [9.17, 15) is 38.7 Å². The zero-order chi connectivity index (χ0) is 37.2. The molecule has 13 N–H and O–H groups in total. The van der Waals surface area contributed by atoms with Crippen molar-refractivity contribution in [2.24, 2.45) is 17.3 Å². The molecule has 0 aromatic carbocycles. The second kappa shape index (κ2) is 26.5. The summed E-state index contributed by atoms with van der Waals surface area (Å²) in [4.78, 5) is 80.6. The van der Waals surface area contributed by atoms with Crippen LogP contribution in [0.4, 0.5) is 4.79 Å². The fraction of sp³-hybridized carbons (Fsp3) is 0.710. The van der Waals surface area contributed by atoms with Gasteiger partial charge in [-0.25, -0.2) is 15.4 Å². The van der Waals surface area contributed by atoms with Gasteiger partial charge in [0, 0.05) is 56.7 Å². The highest BCUT2D eigenvalue weighted by Crippen LogP contribution is 2.08. The quantitative estimate of drug-likeness (QED) is 0.0217. The molecule has 0 aliphatic carbocycles. The van der Waals surface area contributed by atoms with E-state index in [0.717, 1.165) is 6.42 Å². The summed E-state index contributed by atoms with van der Waals surface area (Å²) < 4.78 is 0. The predicted molar refractivity (Wildman–Crippen MR) is 179 cm³/mol. The Morgan fingerprint density at radius 2 is 1.39 bits per heavy atom. The molecule has 0 aliphatic rings. The lowest BCUT2D eigenvalue weighted by Gasteiger charge is -2.17. The molecule has 18 heteroatoms. The minimum atomic E-state index is -1.18. The number of carboxylic acids is 3. The lowest BCUT2D eigenvalue weighted by molar-refractivity contribution is -0.142. The topological polar surface area (TPSA) is 310 Å². The molecule has 0 rings (SSSR count). The highest BCUT2D eigenvalue weighted by Gasteiger charge is 2.19. The molecule has 49 heavy (non-hydrogen) atoms. The van der Waals surface area contributed by atoms with Gasteiger partial charge in [0.15, 0.2) is 0 Å².